The molecule has 1 saturated heterocycles. The highest BCUT2D eigenvalue weighted by Gasteiger charge is 2.57. The zero-order chi connectivity index (χ0) is 27.9. The summed E-state index contributed by atoms with van der Waals surface area (Å²) in [4.78, 5) is 42.8. The van der Waals surface area contributed by atoms with Crippen LogP contribution in [0, 0.1) is 24.0 Å². The number of nitrogens with one attached hydrogen (secondary N) is 1. The molecule has 2 aliphatic rings. The fourth-order valence-electron chi connectivity index (χ4n) is 4.91. The van der Waals surface area contributed by atoms with Gasteiger partial charge in [-0.3, -0.25) is 9.59 Å². The SMILES string of the molecule is COC(=O)N1CCOC(Cc2c(-c3c(F)cc(NC(=O)C4(C(=O)OC)CC4)cc3F)nc3cc(C)ccn23)C1. The molecule has 1 unspecified atom stereocenters. The lowest BCUT2D eigenvalue weighted by atomic mass is 10.0. The van der Waals surface area contributed by atoms with Crippen LogP contribution in [-0.4, -0.2) is 72.3 Å². The summed E-state index contributed by atoms with van der Waals surface area (Å²) >= 11 is 0. The van der Waals surface area contributed by atoms with E-state index >= 15 is 8.78 Å². The summed E-state index contributed by atoms with van der Waals surface area (Å²) in [5.74, 6) is -3.22. The van der Waals surface area contributed by atoms with Gasteiger partial charge in [-0.25, -0.2) is 18.6 Å². The van der Waals surface area contributed by atoms with E-state index in [1.54, 1.807) is 16.7 Å². The molecule has 3 heterocycles. The Morgan fingerprint density at radius 3 is 2.51 bits per heavy atom. The number of nitrogens with zero attached hydrogens (tertiary/aromatic N) is 3. The number of hydrogen-bond donors (Lipinski definition) is 1. The van der Waals surface area contributed by atoms with Crippen LogP contribution in [0.2, 0.25) is 0 Å². The van der Waals surface area contributed by atoms with E-state index in [2.05, 4.69) is 10.3 Å². The molecule has 1 aromatic carbocycles. The number of rotatable bonds is 6. The number of aromatic nitrogens is 2. The molecule has 5 rings (SSSR count). The van der Waals surface area contributed by atoms with E-state index < -0.39 is 41.1 Å². The highest BCUT2D eigenvalue weighted by molar-refractivity contribution is 6.11. The lowest BCUT2D eigenvalue weighted by molar-refractivity contribution is -0.150. The minimum atomic E-state index is -1.33. The normalized spacial score (nSPS) is 18.1. The third-order valence-electron chi connectivity index (χ3n) is 7.17. The van der Waals surface area contributed by atoms with Gasteiger partial charge in [0.25, 0.3) is 0 Å². The van der Waals surface area contributed by atoms with Gasteiger partial charge in [0, 0.05) is 24.8 Å². The standard InChI is InChI=1S/C27H28F2N4O6/c1-15-4-7-33-20(13-17-14-32(8-9-39-17)26(36)38-3)23(31-21(33)10-15)22-18(28)11-16(12-19(22)29)30-24(34)27(5-6-27)25(35)37-2/h4,7,10-12,17H,5-6,8-9,13-14H2,1-3H3,(H,30,34). The zero-order valence-electron chi connectivity index (χ0n) is 21.8. The lowest BCUT2D eigenvalue weighted by Gasteiger charge is -2.32. The predicted octanol–water partition coefficient (Wildman–Crippen LogP) is 3.49. The fourth-order valence-corrected chi connectivity index (χ4v) is 4.91. The van der Waals surface area contributed by atoms with E-state index in [-0.39, 0.29) is 36.5 Å². The third-order valence-corrected chi connectivity index (χ3v) is 7.17. The smallest absolute Gasteiger partial charge is 0.409 e. The molecule has 1 saturated carbocycles. The number of anilines is 1. The van der Waals surface area contributed by atoms with Crippen molar-refractivity contribution in [2.24, 2.45) is 5.41 Å². The van der Waals surface area contributed by atoms with Crippen molar-refractivity contribution in [1.82, 2.24) is 14.3 Å². The number of benzene rings is 1. The molecule has 0 bridgehead atoms. The highest BCUT2D eigenvalue weighted by atomic mass is 19.1. The Kier molecular flexibility index (Phi) is 6.98. The Labute approximate surface area is 222 Å². The molecule has 2 amide bonds. The Hall–Kier alpha value is -4.06. The quantitative estimate of drug-likeness (QED) is 0.375. The Morgan fingerprint density at radius 2 is 1.87 bits per heavy atom. The van der Waals surface area contributed by atoms with Crippen LogP contribution in [0.15, 0.2) is 30.5 Å². The zero-order valence-corrected chi connectivity index (χ0v) is 21.8. The molecule has 12 heteroatoms. The summed E-state index contributed by atoms with van der Waals surface area (Å²) in [6.07, 6.45) is 1.64. The average molecular weight is 543 g/mol. The molecule has 3 aromatic rings. The van der Waals surface area contributed by atoms with Gasteiger partial charge in [0.2, 0.25) is 5.91 Å². The van der Waals surface area contributed by atoms with Gasteiger partial charge in [-0.1, -0.05) is 0 Å². The van der Waals surface area contributed by atoms with Gasteiger partial charge in [-0.15, -0.1) is 0 Å². The summed E-state index contributed by atoms with van der Waals surface area (Å²) in [5.41, 5.74) is 0.170. The number of fused-ring (bicyclic) bond motifs is 1. The Balaban J connectivity index is 1.49. The van der Waals surface area contributed by atoms with E-state index in [1.165, 1.54) is 19.1 Å². The highest BCUT2D eigenvalue weighted by Crippen LogP contribution is 2.47. The van der Waals surface area contributed by atoms with Crippen LogP contribution in [0.25, 0.3) is 16.9 Å². The molecule has 1 atom stereocenters. The number of carbonyl (C=O) groups excluding carboxylic acids is 3. The molecule has 10 nitrogen and oxygen atoms in total. The number of halogens is 2. The van der Waals surface area contributed by atoms with E-state index in [0.717, 1.165) is 17.7 Å². The van der Waals surface area contributed by atoms with Crippen LogP contribution in [0.5, 0.6) is 0 Å². The Morgan fingerprint density at radius 1 is 1.15 bits per heavy atom. The number of morpholine rings is 1. The van der Waals surface area contributed by atoms with Crippen molar-refractivity contribution in [3.63, 3.8) is 0 Å². The predicted molar refractivity (Wildman–Crippen MR) is 135 cm³/mol. The van der Waals surface area contributed by atoms with E-state index in [4.69, 9.17) is 14.2 Å². The van der Waals surface area contributed by atoms with Gasteiger partial charge >= 0.3 is 12.1 Å². The number of hydrogen-bond acceptors (Lipinski definition) is 7. The molecule has 2 fully saturated rings. The summed E-state index contributed by atoms with van der Waals surface area (Å²) < 4.78 is 48.2. The molecular weight excluding hydrogens is 514 g/mol. The van der Waals surface area contributed by atoms with Crippen molar-refractivity contribution in [3.05, 3.63) is 53.4 Å². The van der Waals surface area contributed by atoms with Crippen LogP contribution in [0.3, 0.4) is 0 Å². The number of methoxy groups -OCH3 is 2. The van der Waals surface area contributed by atoms with Crippen molar-refractivity contribution >= 4 is 29.3 Å². The van der Waals surface area contributed by atoms with Crippen LogP contribution in [0.1, 0.15) is 24.1 Å². The number of ether oxygens (including phenoxy) is 3. The second-order valence-electron chi connectivity index (χ2n) is 9.80. The first-order chi connectivity index (χ1) is 18.7. The lowest BCUT2D eigenvalue weighted by Crippen LogP contribution is -2.46. The van der Waals surface area contributed by atoms with Crippen molar-refractivity contribution in [2.75, 3.05) is 39.2 Å². The number of imidazole rings is 1. The third kappa shape index (κ3) is 4.91. The maximum Gasteiger partial charge on any atom is 0.409 e. The minimum Gasteiger partial charge on any atom is -0.468 e. The van der Waals surface area contributed by atoms with Crippen LogP contribution >= 0.6 is 0 Å². The molecule has 206 valence electrons. The van der Waals surface area contributed by atoms with E-state index in [9.17, 15) is 14.4 Å². The summed E-state index contributed by atoms with van der Waals surface area (Å²) in [6.45, 7) is 2.78. The molecule has 1 N–H and O–H groups in total. The second-order valence-corrected chi connectivity index (χ2v) is 9.80. The molecule has 0 radical (unpaired) electrons. The van der Waals surface area contributed by atoms with Gasteiger partial charge in [-0.2, -0.15) is 0 Å². The first-order valence-electron chi connectivity index (χ1n) is 12.5. The van der Waals surface area contributed by atoms with Crippen LogP contribution in [-0.2, 0) is 30.2 Å². The van der Waals surface area contributed by atoms with Crippen molar-refractivity contribution in [3.8, 4) is 11.3 Å². The monoisotopic (exact) mass is 542 g/mol. The van der Waals surface area contributed by atoms with E-state index in [1.807, 2.05) is 13.0 Å². The van der Waals surface area contributed by atoms with Crippen molar-refractivity contribution < 1.29 is 37.4 Å². The number of esters is 1. The van der Waals surface area contributed by atoms with Gasteiger partial charge in [-0.05, 0) is 49.6 Å². The maximum absolute atomic E-state index is 15.5. The molecule has 0 spiro atoms. The summed E-state index contributed by atoms with van der Waals surface area (Å²) in [6, 6.07) is 5.64. The minimum absolute atomic E-state index is 0.0838. The molecule has 1 aliphatic carbocycles. The first-order valence-corrected chi connectivity index (χ1v) is 12.5. The first kappa shape index (κ1) is 26.5. The number of pyridine rings is 1. The number of aryl methyl sites for hydroxylation is 1. The van der Waals surface area contributed by atoms with Gasteiger partial charge in [0.05, 0.1) is 50.4 Å². The van der Waals surface area contributed by atoms with Gasteiger partial charge in [0.1, 0.15) is 22.7 Å². The largest absolute Gasteiger partial charge is 0.468 e. The Bertz CT molecular complexity index is 1440. The van der Waals surface area contributed by atoms with E-state index in [0.29, 0.717) is 30.7 Å². The van der Waals surface area contributed by atoms with Crippen molar-refractivity contribution in [2.45, 2.75) is 32.3 Å². The maximum atomic E-state index is 15.5. The van der Waals surface area contributed by atoms with Crippen LogP contribution < -0.4 is 5.32 Å². The van der Waals surface area contributed by atoms with Crippen LogP contribution in [0.4, 0.5) is 19.3 Å². The number of amides is 2. The molecule has 2 aromatic heterocycles. The summed E-state index contributed by atoms with van der Waals surface area (Å²) in [7, 11) is 2.48. The summed E-state index contributed by atoms with van der Waals surface area (Å²) in [5, 5.41) is 2.44. The molecule has 39 heavy (non-hydrogen) atoms. The van der Waals surface area contributed by atoms with Gasteiger partial charge < -0.3 is 28.8 Å². The molecule has 1 aliphatic heterocycles. The van der Waals surface area contributed by atoms with Crippen molar-refractivity contribution in [1.29, 1.82) is 0 Å². The average Bonchev–Trinajstić information content (AvgIpc) is 3.66. The fraction of sp³-hybridized carbons (Fsp3) is 0.407. The second kappa shape index (κ2) is 10.3. The van der Waals surface area contributed by atoms with Gasteiger partial charge in [0.15, 0.2) is 0 Å². The number of carbonyl (C=O) groups is 3. The topological polar surface area (TPSA) is 111 Å². The molecular formula is C27H28F2N4O6.